The van der Waals surface area contributed by atoms with Crippen LogP contribution in [0.3, 0.4) is 0 Å². The molecule has 3 rings (SSSR count). The number of nitrogens with zero attached hydrogens (tertiary/aromatic N) is 1. The van der Waals surface area contributed by atoms with Crippen molar-refractivity contribution in [2.45, 2.75) is 31.7 Å². The fourth-order valence-corrected chi connectivity index (χ4v) is 3.81. The second-order valence-electron chi connectivity index (χ2n) is 6.82. The van der Waals surface area contributed by atoms with Crippen molar-refractivity contribution >= 4 is 11.9 Å². The first-order valence-corrected chi connectivity index (χ1v) is 9.37. The summed E-state index contributed by atoms with van der Waals surface area (Å²) in [5.41, 5.74) is 1.91. The van der Waals surface area contributed by atoms with Crippen molar-refractivity contribution in [3.63, 3.8) is 0 Å². The highest BCUT2D eigenvalue weighted by molar-refractivity contribution is 5.89. The molecule has 6 heteroatoms. The topological polar surface area (TPSA) is 76.1 Å². The van der Waals surface area contributed by atoms with Gasteiger partial charge in [0.2, 0.25) is 5.91 Å². The lowest BCUT2D eigenvalue weighted by molar-refractivity contribution is -0.132. The molecule has 1 aliphatic heterocycles. The Morgan fingerprint density at radius 1 is 1.14 bits per heavy atom. The van der Waals surface area contributed by atoms with Gasteiger partial charge in [-0.15, -0.1) is 0 Å². The molecule has 2 aromatic rings. The van der Waals surface area contributed by atoms with Gasteiger partial charge in [-0.2, -0.15) is 0 Å². The van der Waals surface area contributed by atoms with Gasteiger partial charge in [-0.3, -0.25) is 4.79 Å². The number of aromatic carboxylic acids is 1. The number of amides is 1. The molecule has 0 spiro atoms. The van der Waals surface area contributed by atoms with Crippen molar-refractivity contribution < 1.29 is 24.2 Å². The third-order valence-electron chi connectivity index (χ3n) is 5.23. The largest absolute Gasteiger partial charge is 0.497 e. The zero-order chi connectivity index (χ0) is 20.1. The molecule has 2 aromatic carbocycles. The zero-order valence-corrected chi connectivity index (χ0v) is 16.2. The van der Waals surface area contributed by atoms with Crippen LogP contribution < -0.4 is 9.47 Å². The Balaban J connectivity index is 1.75. The Bertz CT molecular complexity index is 864. The van der Waals surface area contributed by atoms with Crippen molar-refractivity contribution in [2.24, 2.45) is 0 Å². The highest BCUT2D eigenvalue weighted by Gasteiger charge is 2.31. The molecule has 28 heavy (non-hydrogen) atoms. The van der Waals surface area contributed by atoms with Crippen LogP contribution in [0, 0.1) is 0 Å². The molecule has 0 aromatic heterocycles. The number of hydrogen-bond donors (Lipinski definition) is 1. The van der Waals surface area contributed by atoms with Crippen molar-refractivity contribution in [1.29, 1.82) is 0 Å². The van der Waals surface area contributed by atoms with Crippen LogP contribution in [0.15, 0.2) is 42.5 Å². The molecule has 0 aliphatic carbocycles. The Morgan fingerprint density at radius 3 is 2.64 bits per heavy atom. The minimum absolute atomic E-state index is 0.0283. The third-order valence-corrected chi connectivity index (χ3v) is 5.23. The molecule has 0 radical (unpaired) electrons. The van der Waals surface area contributed by atoms with Gasteiger partial charge in [-0.1, -0.05) is 18.2 Å². The number of methoxy groups -OCH3 is 2. The number of aryl methyl sites for hydroxylation is 1. The number of carboxylic acid groups (broad SMARTS) is 1. The minimum atomic E-state index is -0.968. The predicted octanol–water partition coefficient (Wildman–Crippen LogP) is 3.70. The lowest BCUT2D eigenvalue weighted by Crippen LogP contribution is -2.31. The number of benzene rings is 2. The molecule has 148 valence electrons. The first-order valence-electron chi connectivity index (χ1n) is 9.37. The van der Waals surface area contributed by atoms with E-state index in [1.165, 1.54) is 0 Å². The van der Waals surface area contributed by atoms with E-state index in [0.717, 1.165) is 18.4 Å². The number of rotatable bonds is 7. The number of ether oxygens (including phenoxy) is 2. The summed E-state index contributed by atoms with van der Waals surface area (Å²) in [4.78, 5) is 26.2. The van der Waals surface area contributed by atoms with Crippen molar-refractivity contribution in [3.8, 4) is 11.5 Å². The second kappa shape index (κ2) is 8.78. The second-order valence-corrected chi connectivity index (χ2v) is 6.82. The number of carbonyl (C=O) groups excluding carboxylic acids is 1. The molecule has 1 atom stereocenters. The highest BCUT2D eigenvalue weighted by Crippen LogP contribution is 2.39. The van der Waals surface area contributed by atoms with Crippen LogP contribution >= 0.6 is 0 Å². The summed E-state index contributed by atoms with van der Waals surface area (Å²) < 4.78 is 10.8. The Morgan fingerprint density at radius 2 is 1.93 bits per heavy atom. The fourth-order valence-electron chi connectivity index (χ4n) is 3.81. The van der Waals surface area contributed by atoms with Crippen LogP contribution in [-0.4, -0.2) is 42.6 Å². The van der Waals surface area contributed by atoms with Gasteiger partial charge in [0.15, 0.2) is 0 Å². The smallest absolute Gasteiger partial charge is 0.335 e. The van der Waals surface area contributed by atoms with Crippen LogP contribution in [-0.2, 0) is 11.2 Å². The fraction of sp³-hybridized carbons (Fsp3) is 0.364. The molecule has 1 fully saturated rings. The van der Waals surface area contributed by atoms with Gasteiger partial charge in [0.05, 0.1) is 25.8 Å². The van der Waals surface area contributed by atoms with E-state index in [1.807, 2.05) is 23.1 Å². The first-order chi connectivity index (χ1) is 13.5. The summed E-state index contributed by atoms with van der Waals surface area (Å²) in [6.45, 7) is 0.694. The van der Waals surface area contributed by atoms with Gasteiger partial charge in [0.1, 0.15) is 11.5 Å². The summed E-state index contributed by atoms with van der Waals surface area (Å²) in [5, 5.41) is 9.31. The van der Waals surface area contributed by atoms with E-state index in [-0.39, 0.29) is 23.9 Å². The van der Waals surface area contributed by atoms with E-state index in [1.54, 1.807) is 38.5 Å². The maximum absolute atomic E-state index is 12.9. The SMILES string of the molecule is COc1ccc(C2CCCN2C(=O)CCc2ccccc2C(=O)O)c(OC)c1. The summed E-state index contributed by atoms with van der Waals surface area (Å²) >= 11 is 0. The van der Waals surface area contributed by atoms with Gasteiger partial charge in [0.25, 0.3) is 0 Å². The van der Waals surface area contributed by atoms with Gasteiger partial charge in [0, 0.05) is 24.6 Å². The molecule has 6 nitrogen and oxygen atoms in total. The zero-order valence-electron chi connectivity index (χ0n) is 16.2. The summed E-state index contributed by atoms with van der Waals surface area (Å²) in [6, 6.07) is 12.5. The molecule has 1 heterocycles. The Kier molecular flexibility index (Phi) is 6.19. The van der Waals surface area contributed by atoms with E-state index >= 15 is 0 Å². The standard InChI is InChI=1S/C22H25NO5/c1-27-16-10-11-18(20(14-16)28-2)19-8-5-13-23(19)21(24)12-9-15-6-3-4-7-17(15)22(25)26/h3-4,6-7,10-11,14,19H,5,8-9,12-13H2,1-2H3,(H,25,26). The minimum Gasteiger partial charge on any atom is -0.497 e. The highest BCUT2D eigenvalue weighted by atomic mass is 16.5. The number of hydrogen-bond acceptors (Lipinski definition) is 4. The van der Waals surface area contributed by atoms with Crippen LogP contribution in [0.5, 0.6) is 11.5 Å². The van der Waals surface area contributed by atoms with Crippen LogP contribution in [0.1, 0.15) is 46.8 Å². The first kappa shape index (κ1) is 19.7. The summed E-state index contributed by atoms with van der Waals surface area (Å²) in [7, 11) is 3.22. The van der Waals surface area contributed by atoms with Gasteiger partial charge >= 0.3 is 5.97 Å². The normalized spacial score (nSPS) is 16.1. The third kappa shape index (κ3) is 4.11. The number of carboxylic acids is 1. The summed E-state index contributed by atoms with van der Waals surface area (Å²) in [5.74, 6) is 0.479. The maximum atomic E-state index is 12.9. The lowest BCUT2D eigenvalue weighted by atomic mass is 10.0. The Labute approximate surface area is 164 Å². The van der Waals surface area contributed by atoms with Gasteiger partial charge < -0.3 is 19.5 Å². The molecule has 1 saturated heterocycles. The quantitative estimate of drug-likeness (QED) is 0.789. The summed E-state index contributed by atoms with van der Waals surface area (Å²) in [6.07, 6.45) is 2.49. The molecule has 0 bridgehead atoms. The molecular formula is C22H25NO5. The molecular weight excluding hydrogens is 358 g/mol. The lowest BCUT2D eigenvalue weighted by Gasteiger charge is -2.27. The van der Waals surface area contributed by atoms with E-state index in [0.29, 0.717) is 30.0 Å². The molecule has 0 saturated carbocycles. The van der Waals surface area contributed by atoms with E-state index in [4.69, 9.17) is 9.47 Å². The average Bonchev–Trinajstić information content (AvgIpc) is 3.21. The van der Waals surface area contributed by atoms with Gasteiger partial charge in [-0.25, -0.2) is 4.79 Å². The maximum Gasteiger partial charge on any atom is 0.335 e. The van der Waals surface area contributed by atoms with Crippen molar-refractivity contribution in [3.05, 3.63) is 59.2 Å². The number of likely N-dealkylation sites (tertiary alicyclic amines) is 1. The Hall–Kier alpha value is -3.02. The van der Waals surface area contributed by atoms with Crippen molar-refractivity contribution in [1.82, 2.24) is 4.90 Å². The molecule has 1 N–H and O–H groups in total. The van der Waals surface area contributed by atoms with E-state index in [9.17, 15) is 14.7 Å². The molecule has 1 unspecified atom stereocenters. The van der Waals surface area contributed by atoms with E-state index in [2.05, 4.69) is 0 Å². The number of carbonyl (C=O) groups is 2. The van der Waals surface area contributed by atoms with Crippen LogP contribution in [0.4, 0.5) is 0 Å². The van der Waals surface area contributed by atoms with Crippen LogP contribution in [0.2, 0.25) is 0 Å². The monoisotopic (exact) mass is 383 g/mol. The average molecular weight is 383 g/mol. The van der Waals surface area contributed by atoms with E-state index < -0.39 is 5.97 Å². The van der Waals surface area contributed by atoms with Gasteiger partial charge in [-0.05, 0) is 43.0 Å². The van der Waals surface area contributed by atoms with Crippen molar-refractivity contribution in [2.75, 3.05) is 20.8 Å². The molecule has 1 aliphatic rings. The predicted molar refractivity (Wildman–Crippen MR) is 105 cm³/mol. The van der Waals surface area contributed by atoms with Crippen LogP contribution in [0.25, 0.3) is 0 Å². The molecule has 1 amide bonds.